The first kappa shape index (κ1) is 11.3. The molecule has 1 aromatic rings. The average molecular weight is 221 g/mol. The van der Waals surface area contributed by atoms with E-state index in [0.29, 0.717) is 18.9 Å². The highest BCUT2D eigenvalue weighted by molar-refractivity contribution is 5.81. The molecule has 3 heteroatoms. The monoisotopic (exact) mass is 221 g/mol. The van der Waals surface area contributed by atoms with E-state index in [1.165, 1.54) is 12.1 Å². The quantitative estimate of drug-likeness (QED) is 0.843. The van der Waals surface area contributed by atoms with Gasteiger partial charge in [0, 0.05) is 18.9 Å². The summed E-state index contributed by atoms with van der Waals surface area (Å²) in [5.74, 6) is -0.0886. The number of hydrogen-bond acceptors (Lipinski definition) is 2. The van der Waals surface area contributed by atoms with E-state index in [1.54, 1.807) is 12.1 Å². The number of hydrogen-bond donors (Lipinski definition) is 1. The van der Waals surface area contributed by atoms with Gasteiger partial charge in [0.25, 0.3) is 0 Å². The summed E-state index contributed by atoms with van der Waals surface area (Å²) in [5.41, 5.74) is 0.767. The second kappa shape index (κ2) is 5.21. The molecule has 1 unspecified atom stereocenters. The van der Waals surface area contributed by atoms with Gasteiger partial charge < -0.3 is 5.32 Å². The smallest absolute Gasteiger partial charge is 0.138 e. The van der Waals surface area contributed by atoms with E-state index in [0.717, 1.165) is 24.9 Å². The van der Waals surface area contributed by atoms with Gasteiger partial charge in [-0.05, 0) is 37.1 Å². The second-order valence-electron chi connectivity index (χ2n) is 4.34. The van der Waals surface area contributed by atoms with Crippen molar-refractivity contribution < 1.29 is 9.18 Å². The van der Waals surface area contributed by atoms with Gasteiger partial charge in [-0.2, -0.15) is 0 Å². The third-order valence-corrected chi connectivity index (χ3v) is 2.93. The van der Waals surface area contributed by atoms with E-state index < -0.39 is 0 Å². The number of carbonyl (C=O) groups is 1. The minimum Gasteiger partial charge on any atom is -0.314 e. The molecule has 0 spiro atoms. The van der Waals surface area contributed by atoms with E-state index in [1.807, 2.05) is 0 Å². The molecule has 86 valence electrons. The van der Waals surface area contributed by atoms with Crippen molar-refractivity contribution in [1.29, 1.82) is 0 Å². The van der Waals surface area contributed by atoms with Crippen LogP contribution in [0, 0.1) is 5.82 Å². The molecule has 1 aliphatic rings. The Labute approximate surface area is 94.9 Å². The molecule has 1 atom stereocenters. The SMILES string of the molecule is O=C(Cc1cccc(F)c1)CC1CCCN1. The zero-order chi connectivity index (χ0) is 11.4. The summed E-state index contributed by atoms with van der Waals surface area (Å²) in [6.45, 7) is 1.01. The molecular formula is C13H16FNO. The molecule has 0 bridgehead atoms. The molecular weight excluding hydrogens is 205 g/mol. The van der Waals surface area contributed by atoms with Crippen LogP contribution in [0.15, 0.2) is 24.3 Å². The fraction of sp³-hybridized carbons (Fsp3) is 0.462. The maximum absolute atomic E-state index is 12.9. The van der Waals surface area contributed by atoms with Crippen molar-refractivity contribution in [1.82, 2.24) is 5.32 Å². The van der Waals surface area contributed by atoms with Crippen LogP contribution in [0.1, 0.15) is 24.8 Å². The molecule has 1 N–H and O–H groups in total. The van der Waals surface area contributed by atoms with Gasteiger partial charge in [0.05, 0.1) is 0 Å². The van der Waals surface area contributed by atoms with Gasteiger partial charge in [-0.15, -0.1) is 0 Å². The Morgan fingerprint density at radius 3 is 3.06 bits per heavy atom. The molecule has 2 nitrogen and oxygen atoms in total. The number of Topliss-reactive ketones (excluding diaryl/α,β-unsaturated/α-hetero) is 1. The Bertz CT molecular complexity index is 372. The van der Waals surface area contributed by atoms with E-state index in [2.05, 4.69) is 5.32 Å². The van der Waals surface area contributed by atoms with Gasteiger partial charge in [0.15, 0.2) is 0 Å². The van der Waals surface area contributed by atoms with Gasteiger partial charge in [0.1, 0.15) is 11.6 Å². The van der Waals surface area contributed by atoms with Crippen LogP contribution in [-0.4, -0.2) is 18.4 Å². The highest BCUT2D eigenvalue weighted by Gasteiger charge is 2.17. The zero-order valence-corrected chi connectivity index (χ0v) is 9.21. The summed E-state index contributed by atoms with van der Waals surface area (Å²) < 4.78 is 12.9. The maximum Gasteiger partial charge on any atom is 0.138 e. The molecule has 2 rings (SSSR count). The number of nitrogens with one attached hydrogen (secondary N) is 1. The molecule has 1 fully saturated rings. The summed E-state index contributed by atoms with van der Waals surface area (Å²) in [4.78, 5) is 11.7. The highest BCUT2D eigenvalue weighted by atomic mass is 19.1. The summed E-state index contributed by atoms with van der Waals surface area (Å²) in [6.07, 6.45) is 3.14. The minimum atomic E-state index is -0.274. The largest absolute Gasteiger partial charge is 0.314 e. The predicted octanol–water partition coefficient (Wildman–Crippen LogP) is 2.08. The molecule has 0 radical (unpaired) electrons. The molecule has 0 saturated carbocycles. The minimum absolute atomic E-state index is 0.185. The van der Waals surface area contributed by atoms with Crippen LogP contribution in [-0.2, 0) is 11.2 Å². The number of rotatable bonds is 4. The fourth-order valence-electron chi connectivity index (χ4n) is 2.15. The van der Waals surface area contributed by atoms with Crippen LogP contribution in [0.4, 0.5) is 4.39 Å². The molecule has 1 heterocycles. The van der Waals surface area contributed by atoms with Crippen LogP contribution < -0.4 is 5.32 Å². The number of ketones is 1. The van der Waals surface area contributed by atoms with E-state index >= 15 is 0 Å². The molecule has 1 saturated heterocycles. The van der Waals surface area contributed by atoms with E-state index in [9.17, 15) is 9.18 Å². The average Bonchev–Trinajstić information content (AvgIpc) is 2.70. The third-order valence-electron chi connectivity index (χ3n) is 2.93. The van der Waals surface area contributed by atoms with Crippen molar-refractivity contribution in [2.24, 2.45) is 0 Å². The van der Waals surface area contributed by atoms with Crippen molar-refractivity contribution in [2.75, 3.05) is 6.54 Å². The lowest BCUT2D eigenvalue weighted by Gasteiger charge is -2.08. The first-order valence-corrected chi connectivity index (χ1v) is 5.73. The lowest BCUT2D eigenvalue weighted by atomic mass is 10.0. The fourth-order valence-corrected chi connectivity index (χ4v) is 2.15. The van der Waals surface area contributed by atoms with Crippen molar-refractivity contribution in [3.05, 3.63) is 35.6 Å². The van der Waals surface area contributed by atoms with Crippen molar-refractivity contribution in [3.8, 4) is 0 Å². The Kier molecular flexibility index (Phi) is 3.67. The number of benzene rings is 1. The predicted molar refractivity (Wildman–Crippen MR) is 60.8 cm³/mol. The number of halogens is 1. The van der Waals surface area contributed by atoms with Crippen LogP contribution in [0.2, 0.25) is 0 Å². The maximum atomic E-state index is 12.9. The molecule has 16 heavy (non-hydrogen) atoms. The Balaban J connectivity index is 1.86. The van der Waals surface area contributed by atoms with Gasteiger partial charge in [0.2, 0.25) is 0 Å². The van der Waals surface area contributed by atoms with Crippen LogP contribution in [0.3, 0.4) is 0 Å². The summed E-state index contributed by atoms with van der Waals surface area (Å²) in [7, 11) is 0. The molecule has 0 aromatic heterocycles. The highest BCUT2D eigenvalue weighted by Crippen LogP contribution is 2.11. The van der Waals surface area contributed by atoms with Crippen LogP contribution >= 0.6 is 0 Å². The molecule has 0 aliphatic carbocycles. The van der Waals surface area contributed by atoms with Crippen LogP contribution in [0.25, 0.3) is 0 Å². The Morgan fingerprint density at radius 2 is 2.38 bits per heavy atom. The Hall–Kier alpha value is -1.22. The first-order chi connectivity index (χ1) is 7.74. The summed E-state index contributed by atoms with van der Waals surface area (Å²) >= 11 is 0. The van der Waals surface area contributed by atoms with Gasteiger partial charge in [-0.1, -0.05) is 12.1 Å². The number of carbonyl (C=O) groups excluding carboxylic acids is 1. The standard InChI is InChI=1S/C13H16FNO/c14-11-4-1-3-10(7-11)8-13(16)9-12-5-2-6-15-12/h1,3-4,7,12,15H,2,5-6,8-9H2. The molecule has 1 aliphatic heterocycles. The lowest BCUT2D eigenvalue weighted by molar-refractivity contribution is -0.118. The van der Waals surface area contributed by atoms with E-state index in [-0.39, 0.29) is 11.6 Å². The molecule has 0 amide bonds. The molecule has 1 aromatic carbocycles. The van der Waals surface area contributed by atoms with Gasteiger partial charge >= 0.3 is 0 Å². The van der Waals surface area contributed by atoms with E-state index in [4.69, 9.17) is 0 Å². The lowest BCUT2D eigenvalue weighted by Crippen LogP contribution is -2.25. The third kappa shape index (κ3) is 3.14. The first-order valence-electron chi connectivity index (χ1n) is 5.73. The zero-order valence-electron chi connectivity index (χ0n) is 9.21. The topological polar surface area (TPSA) is 29.1 Å². The van der Waals surface area contributed by atoms with Crippen LogP contribution in [0.5, 0.6) is 0 Å². The van der Waals surface area contributed by atoms with Crippen molar-refractivity contribution >= 4 is 5.78 Å². The summed E-state index contributed by atoms with van der Waals surface area (Å²) in [6, 6.07) is 6.60. The Morgan fingerprint density at radius 1 is 1.50 bits per heavy atom. The summed E-state index contributed by atoms with van der Waals surface area (Å²) in [5, 5.41) is 3.29. The van der Waals surface area contributed by atoms with Gasteiger partial charge in [-0.3, -0.25) is 4.79 Å². The van der Waals surface area contributed by atoms with Crippen molar-refractivity contribution in [2.45, 2.75) is 31.7 Å². The second-order valence-corrected chi connectivity index (χ2v) is 4.34. The van der Waals surface area contributed by atoms with Crippen molar-refractivity contribution in [3.63, 3.8) is 0 Å². The van der Waals surface area contributed by atoms with Gasteiger partial charge in [-0.25, -0.2) is 4.39 Å². The normalized spacial score (nSPS) is 19.9.